The van der Waals surface area contributed by atoms with Gasteiger partial charge in [0.05, 0.1) is 0 Å². The first-order valence-corrected chi connectivity index (χ1v) is 6.24. The van der Waals surface area contributed by atoms with Crippen molar-refractivity contribution in [3.63, 3.8) is 0 Å². The Morgan fingerprint density at radius 2 is 2.33 bits per heavy atom. The Balaban J connectivity index is 2.20. The lowest BCUT2D eigenvalue weighted by molar-refractivity contribution is 0.689. The average molecular weight is 224 g/mol. The number of hydrogen-bond donors (Lipinski definition) is 1. The van der Waals surface area contributed by atoms with E-state index in [0.29, 0.717) is 11.9 Å². The number of aromatic nitrogens is 2. The van der Waals surface area contributed by atoms with Crippen molar-refractivity contribution in [2.75, 3.05) is 29.2 Å². The summed E-state index contributed by atoms with van der Waals surface area (Å²) in [5.74, 6) is 4.65. The summed E-state index contributed by atoms with van der Waals surface area (Å²) in [7, 11) is 2.08. The highest BCUT2D eigenvalue weighted by atomic mass is 32.2. The van der Waals surface area contributed by atoms with Crippen LogP contribution in [0.15, 0.2) is 6.07 Å². The summed E-state index contributed by atoms with van der Waals surface area (Å²) in [4.78, 5) is 10.7. The predicted molar refractivity (Wildman–Crippen MR) is 65.3 cm³/mol. The molecular formula is C10H16N4S. The van der Waals surface area contributed by atoms with Crippen molar-refractivity contribution in [3.8, 4) is 0 Å². The summed E-state index contributed by atoms with van der Waals surface area (Å²) < 4.78 is 0. The molecular weight excluding hydrogens is 208 g/mol. The van der Waals surface area contributed by atoms with Gasteiger partial charge in [0, 0.05) is 24.9 Å². The molecule has 0 aromatic carbocycles. The van der Waals surface area contributed by atoms with E-state index < -0.39 is 0 Å². The molecule has 0 radical (unpaired) electrons. The van der Waals surface area contributed by atoms with Crippen LogP contribution in [0.25, 0.3) is 0 Å². The molecule has 0 saturated carbocycles. The minimum Gasteiger partial charge on any atom is -0.384 e. The molecule has 1 atom stereocenters. The van der Waals surface area contributed by atoms with E-state index in [0.717, 1.165) is 11.6 Å². The molecule has 2 N–H and O–H groups in total. The molecule has 0 bridgehead atoms. The van der Waals surface area contributed by atoms with Gasteiger partial charge in [0.1, 0.15) is 17.5 Å². The number of aryl methyl sites for hydroxylation is 1. The molecule has 82 valence electrons. The minimum absolute atomic E-state index is 0.551. The fourth-order valence-electron chi connectivity index (χ4n) is 1.77. The zero-order valence-corrected chi connectivity index (χ0v) is 9.92. The van der Waals surface area contributed by atoms with Crippen LogP contribution in [-0.4, -0.2) is 34.6 Å². The van der Waals surface area contributed by atoms with Crippen LogP contribution in [0, 0.1) is 6.92 Å². The monoisotopic (exact) mass is 224 g/mol. The molecule has 0 spiro atoms. The van der Waals surface area contributed by atoms with Crippen LogP contribution in [0.4, 0.5) is 11.6 Å². The van der Waals surface area contributed by atoms with Crippen LogP contribution in [0.2, 0.25) is 0 Å². The lowest BCUT2D eigenvalue weighted by atomic mass is 10.2. The number of nitrogen functional groups attached to an aromatic ring is 1. The molecule has 2 rings (SSSR count). The van der Waals surface area contributed by atoms with Gasteiger partial charge in [-0.3, -0.25) is 0 Å². The van der Waals surface area contributed by atoms with Gasteiger partial charge in [0.15, 0.2) is 0 Å². The quantitative estimate of drug-likeness (QED) is 0.821. The first-order chi connectivity index (χ1) is 7.16. The van der Waals surface area contributed by atoms with Gasteiger partial charge in [-0.1, -0.05) is 0 Å². The van der Waals surface area contributed by atoms with Crippen molar-refractivity contribution >= 4 is 23.4 Å². The average Bonchev–Trinajstić information content (AvgIpc) is 2.67. The largest absolute Gasteiger partial charge is 0.384 e. The van der Waals surface area contributed by atoms with Crippen LogP contribution in [0.5, 0.6) is 0 Å². The van der Waals surface area contributed by atoms with E-state index in [9.17, 15) is 0 Å². The third kappa shape index (κ3) is 2.34. The Labute approximate surface area is 94.3 Å². The molecule has 1 aromatic rings. The van der Waals surface area contributed by atoms with E-state index in [-0.39, 0.29) is 0 Å². The predicted octanol–water partition coefficient (Wildman–Crippen LogP) is 1.31. The third-order valence-electron chi connectivity index (χ3n) is 2.66. The number of rotatable bonds is 2. The fraction of sp³-hybridized carbons (Fsp3) is 0.600. The molecule has 4 nitrogen and oxygen atoms in total. The zero-order valence-electron chi connectivity index (χ0n) is 9.10. The molecule has 1 saturated heterocycles. The van der Waals surface area contributed by atoms with Gasteiger partial charge in [-0.25, -0.2) is 9.97 Å². The number of nitrogens with zero attached hydrogens (tertiary/aromatic N) is 3. The molecule has 1 aliphatic heterocycles. The van der Waals surface area contributed by atoms with Gasteiger partial charge in [-0.15, -0.1) is 0 Å². The first kappa shape index (κ1) is 10.5. The number of thioether (sulfide) groups is 1. The topological polar surface area (TPSA) is 55.0 Å². The lowest BCUT2D eigenvalue weighted by Gasteiger charge is -2.25. The highest BCUT2D eigenvalue weighted by Crippen LogP contribution is 2.25. The van der Waals surface area contributed by atoms with Crippen molar-refractivity contribution < 1.29 is 0 Å². The second-order valence-electron chi connectivity index (χ2n) is 3.83. The van der Waals surface area contributed by atoms with Gasteiger partial charge < -0.3 is 10.6 Å². The van der Waals surface area contributed by atoms with Gasteiger partial charge in [-0.05, 0) is 19.1 Å². The summed E-state index contributed by atoms with van der Waals surface area (Å²) in [6.07, 6.45) is 1.23. The van der Waals surface area contributed by atoms with E-state index in [1.807, 2.05) is 24.8 Å². The third-order valence-corrected chi connectivity index (χ3v) is 3.80. The highest BCUT2D eigenvalue weighted by molar-refractivity contribution is 7.99. The van der Waals surface area contributed by atoms with E-state index >= 15 is 0 Å². The first-order valence-electron chi connectivity index (χ1n) is 5.08. The Hall–Kier alpha value is -0.970. The maximum atomic E-state index is 5.71. The molecule has 1 aliphatic rings. The van der Waals surface area contributed by atoms with Crippen molar-refractivity contribution in [1.29, 1.82) is 0 Å². The van der Waals surface area contributed by atoms with Gasteiger partial charge >= 0.3 is 0 Å². The SMILES string of the molecule is Cc1nc(N)cc(N(C)C2CCSC2)n1. The van der Waals surface area contributed by atoms with Gasteiger partial charge in [0.2, 0.25) is 0 Å². The number of anilines is 2. The zero-order chi connectivity index (χ0) is 10.8. The van der Waals surface area contributed by atoms with Crippen LogP contribution < -0.4 is 10.6 Å². The van der Waals surface area contributed by atoms with Crippen molar-refractivity contribution in [3.05, 3.63) is 11.9 Å². The van der Waals surface area contributed by atoms with Crippen LogP contribution in [0.3, 0.4) is 0 Å². The standard InChI is InChI=1S/C10H16N4S/c1-7-12-9(11)5-10(13-7)14(2)8-3-4-15-6-8/h5,8H,3-4,6H2,1-2H3,(H2,11,12,13). The highest BCUT2D eigenvalue weighted by Gasteiger charge is 2.21. The Morgan fingerprint density at radius 1 is 1.53 bits per heavy atom. The second-order valence-corrected chi connectivity index (χ2v) is 4.98. The smallest absolute Gasteiger partial charge is 0.134 e. The minimum atomic E-state index is 0.551. The Morgan fingerprint density at radius 3 is 2.93 bits per heavy atom. The maximum absolute atomic E-state index is 5.71. The van der Waals surface area contributed by atoms with E-state index in [4.69, 9.17) is 5.73 Å². The van der Waals surface area contributed by atoms with Gasteiger partial charge in [-0.2, -0.15) is 11.8 Å². The molecule has 2 heterocycles. The van der Waals surface area contributed by atoms with Crippen molar-refractivity contribution in [1.82, 2.24) is 9.97 Å². The van der Waals surface area contributed by atoms with Crippen LogP contribution in [0.1, 0.15) is 12.2 Å². The fourth-order valence-corrected chi connectivity index (χ4v) is 3.04. The molecule has 1 unspecified atom stereocenters. The Bertz CT molecular complexity index is 329. The van der Waals surface area contributed by atoms with Crippen LogP contribution in [-0.2, 0) is 0 Å². The normalized spacial score (nSPS) is 20.5. The molecule has 15 heavy (non-hydrogen) atoms. The second kappa shape index (κ2) is 4.26. The summed E-state index contributed by atoms with van der Waals surface area (Å²) in [5, 5.41) is 0. The Kier molecular flexibility index (Phi) is 3.00. The summed E-state index contributed by atoms with van der Waals surface area (Å²) >= 11 is 2.00. The molecule has 1 fully saturated rings. The van der Waals surface area contributed by atoms with Crippen molar-refractivity contribution in [2.24, 2.45) is 0 Å². The summed E-state index contributed by atoms with van der Waals surface area (Å²) in [5.41, 5.74) is 5.71. The lowest BCUT2D eigenvalue weighted by Crippen LogP contribution is -2.32. The maximum Gasteiger partial charge on any atom is 0.134 e. The van der Waals surface area contributed by atoms with E-state index in [2.05, 4.69) is 21.9 Å². The molecule has 0 aliphatic carbocycles. The van der Waals surface area contributed by atoms with E-state index in [1.165, 1.54) is 17.9 Å². The van der Waals surface area contributed by atoms with Gasteiger partial charge in [0.25, 0.3) is 0 Å². The van der Waals surface area contributed by atoms with Crippen molar-refractivity contribution in [2.45, 2.75) is 19.4 Å². The summed E-state index contributed by atoms with van der Waals surface area (Å²) in [6.45, 7) is 1.87. The molecule has 0 amide bonds. The molecule has 1 aromatic heterocycles. The molecule has 5 heteroatoms. The van der Waals surface area contributed by atoms with E-state index in [1.54, 1.807) is 0 Å². The number of nitrogens with two attached hydrogens (primary N) is 1. The van der Waals surface area contributed by atoms with Crippen LogP contribution >= 0.6 is 11.8 Å². The summed E-state index contributed by atoms with van der Waals surface area (Å²) in [6, 6.07) is 2.43. The number of hydrogen-bond acceptors (Lipinski definition) is 5.